The van der Waals surface area contributed by atoms with Gasteiger partial charge in [-0.1, -0.05) is 11.6 Å². The highest BCUT2D eigenvalue weighted by Gasteiger charge is 2.51. The van der Waals surface area contributed by atoms with Crippen molar-refractivity contribution >= 4 is 11.6 Å². The summed E-state index contributed by atoms with van der Waals surface area (Å²) in [6.45, 7) is 2.73. The van der Waals surface area contributed by atoms with Crippen molar-refractivity contribution in [2.45, 2.75) is 44.0 Å². The normalized spacial score (nSPS) is 33.7. The number of halogens is 1. The third-order valence-corrected chi connectivity index (χ3v) is 4.06. The van der Waals surface area contributed by atoms with Gasteiger partial charge in [-0.25, -0.2) is 0 Å². The first kappa shape index (κ1) is 12.3. The van der Waals surface area contributed by atoms with Crippen molar-refractivity contribution in [2.24, 2.45) is 0 Å². The molecule has 98 valence electrons. The van der Waals surface area contributed by atoms with Gasteiger partial charge in [0, 0.05) is 36.5 Å². The van der Waals surface area contributed by atoms with Crippen molar-refractivity contribution in [1.29, 1.82) is 0 Å². The molecule has 0 aromatic heterocycles. The van der Waals surface area contributed by atoms with Crippen LogP contribution in [0, 0.1) is 0 Å². The third kappa shape index (κ3) is 2.00. The van der Waals surface area contributed by atoms with Gasteiger partial charge < -0.3 is 14.6 Å². The van der Waals surface area contributed by atoms with Crippen LogP contribution in [0.25, 0.3) is 0 Å². The van der Waals surface area contributed by atoms with E-state index in [9.17, 15) is 5.11 Å². The Kier molecular flexibility index (Phi) is 3.00. The Hall–Kier alpha value is -0.770. The van der Waals surface area contributed by atoms with E-state index in [4.69, 9.17) is 21.1 Å². The molecule has 1 spiro atoms. The summed E-state index contributed by atoms with van der Waals surface area (Å²) in [6, 6.07) is 5.42. The maximum absolute atomic E-state index is 10.2. The van der Waals surface area contributed by atoms with Gasteiger partial charge in [0.2, 0.25) is 0 Å². The van der Waals surface area contributed by atoms with Gasteiger partial charge in [-0.05, 0) is 25.1 Å². The highest BCUT2D eigenvalue weighted by molar-refractivity contribution is 6.30. The van der Waals surface area contributed by atoms with Crippen molar-refractivity contribution < 1.29 is 14.6 Å². The molecular weight excluding hydrogens is 252 g/mol. The van der Waals surface area contributed by atoms with Gasteiger partial charge in [0.25, 0.3) is 0 Å². The summed E-state index contributed by atoms with van der Waals surface area (Å²) in [5, 5.41) is 10.9. The van der Waals surface area contributed by atoms with Crippen LogP contribution in [0.1, 0.15) is 37.9 Å². The lowest BCUT2D eigenvalue weighted by Gasteiger charge is -2.50. The molecule has 1 saturated carbocycles. The summed E-state index contributed by atoms with van der Waals surface area (Å²) in [5.41, 5.74) is 0.563. The topological polar surface area (TPSA) is 38.7 Å². The van der Waals surface area contributed by atoms with Crippen LogP contribution in [-0.2, 0) is 4.74 Å². The van der Waals surface area contributed by atoms with Gasteiger partial charge in [-0.2, -0.15) is 0 Å². The van der Waals surface area contributed by atoms with Gasteiger partial charge in [0.15, 0.2) is 0 Å². The molecule has 0 bridgehead atoms. The van der Waals surface area contributed by atoms with Crippen molar-refractivity contribution in [3.8, 4) is 5.75 Å². The lowest BCUT2D eigenvalue weighted by atomic mass is 9.71. The van der Waals surface area contributed by atoms with E-state index in [1.165, 1.54) is 0 Å². The van der Waals surface area contributed by atoms with E-state index in [1.807, 2.05) is 13.0 Å². The highest BCUT2D eigenvalue weighted by Crippen LogP contribution is 2.50. The quantitative estimate of drug-likeness (QED) is 0.896. The Balaban J connectivity index is 1.79. The van der Waals surface area contributed by atoms with E-state index >= 15 is 0 Å². The van der Waals surface area contributed by atoms with Gasteiger partial charge in [0.05, 0.1) is 12.2 Å². The maximum atomic E-state index is 10.2. The van der Waals surface area contributed by atoms with E-state index in [-0.39, 0.29) is 11.7 Å². The minimum absolute atomic E-state index is 0.236. The smallest absolute Gasteiger partial charge is 0.126 e. The molecule has 1 fully saturated rings. The van der Waals surface area contributed by atoms with E-state index in [1.54, 1.807) is 12.1 Å². The SMILES string of the molecule is CCOC1CC2(C1)C[C@@H](O)c1cc(Cl)ccc1O2. The van der Waals surface area contributed by atoms with Crippen molar-refractivity contribution in [3.63, 3.8) is 0 Å². The number of aliphatic hydroxyl groups excluding tert-OH is 1. The van der Waals surface area contributed by atoms with E-state index in [0.717, 1.165) is 30.8 Å². The molecule has 1 aromatic rings. The Morgan fingerprint density at radius 3 is 2.94 bits per heavy atom. The summed E-state index contributed by atoms with van der Waals surface area (Å²) in [4.78, 5) is 0. The van der Waals surface area contributed by atoms with E-state index < -0.39 is 6.10 Å². The van der Waals surface area contributed by atoms with E-state index in [0.29, 0.717) is 11.4 Å². The van der Waals surface area contributed by atoms with Crippen LogP contribution in [0.4, 0.5) is 0 Å². The predicted octanol–water partition coefficient (Wildman–Crippen LogP) is 3.09. The zero-order valence-corrected chi connectivity index (χ0v) is 11.1. The van der Waals surface area contributed by atoms with Gasteiger partial charge >= 0.3 is 0 Å². The molecule has 4 heteroatoms. The Morgan fingerprint density at radius 2 is 2.22 bits per heavy atom. The molecule has 1 heterocycles. The molecule has 3 rings (SSSR count). The fourth-order valence-electron chi connectivity index (χ4n) is 2.98. The number of aliphatic hydroxyl groups is 1. The second-order valence-corrected chi connectivity index (χ2v) is 5.61. The first-order valence-corrected chi connectivity index (χ1v) is 6.78. The minimum atomic E-state index is -0.491. The third-order valence-electron chi connectivity index (χ3n) is 3.82. The Morgan fingerprint density at radius 1 is 1.44 bits per heavy atom. The van der Waals surface area contributed by atoms with Crippen LogP contribution in [0.3, 0.4) is 0 Å². The number of hydrogen-bond donors (Lipinski definition) is 1. The summed E-state index contributed by atoms with van der Waals surface area (Å²) in [7, 11) is 0. The molecule has 0 radical (unpaired) electrons. The van der Waals surface area contributed by atoms with Crippen LogP contribution in [-0.4, -0.2) is 23.4 Å². The molecule has 0 saturated heterocycles. The lowest BCUT2D eigenvalue weighted by molar-refractivity contribution is -0.147. The lowest BCUT2D eigenvalue weighted by Crippen LogP contribution is -2.55. The molecule has 1 aliphatic carbocycles. The number of benzene rings is 1. The van der Waals surface area contributed by atoms with Crippen molar-refractivity contribution in [2.75, 3.05) is 6.61 Å². The van der Waals surface area contributed by atoms with E-state index in [2.05, 4.69) is 0 Å². The molecule has 1 aromatic carbocycles. The fraction of sp³-hybridized carbons (Fsp3) is 0.571. The fourth-order valence-corrected chi connectivity index (χ4v) is 3.16. The number of fused-ring (bicyclic) bond motifs is 1. The van der Waals surface area contributed by atoms with Crippen LogP contribution >= 0.6 is 11.6 Å². The average molecular weight is 269 g/mol. The molecule has 0 unspecified atom stereocenters. The molecule has 3 nitrogen and oxygen atoms in total. The number of hydrogen-bond acceptors (Lipinski definition) is 3. The van der Waals surface area contributed by atoms with Gasteiger partial charge in [-0.3, -0.25) is 0 Å². The van der Waals surface area contributed by atoms with Crippen LogP contribution in [0.2, 0.25) is 5.02 Å². The van der Waals surface area contributed by atoms with Crippen LogP contribution < -0.4 is 4.74 Å². The zero-order chi connectivity index (χ0) is 12.8. The van der Waals surface area contributed by atoms with Crippen LogP contribution in [0.15, 0.2) is 18.2 Å². The van der Waals surface area contributed by atoms with Gasteiger partial charge in [0.1, 0.15) is 11.4 Å². The van der Waals surface area contributed by atoms with Gasteiger partial charge in [-0.15, -0.1) is 0 Å². The second-order valence-electron chi connectivity index (χ2n) is 5.17. The standard InChI is InChI=1S/C14H17ClO3/c1-2-17-10-6-14(7-10)8-12(16)11-5-9(15)3-4-13(11)18-14/h3-5,10,12,16H,2,6-8H2,1H3/t10?,12-,14?/m1/s1. The summed E-state index contributed by atoms with van der Waals surface area (Å²) in [6.07, 6.45) is 2.13. The predicted molar refractivity (Wildman–Crippen MR) is 69.0 cm³/mol. The Labute approximate surface area is 112 Å². The summed E-state index contributed by atoms with van der Waals surface area (Å²) < 4.78 is 11.6. The molecule has 1 N–H and O–H groups in total. The molecule has 18 heavy (non-hydrogen) atoms. The first-order valence-electron chi connectivity index (χ1n) is 6.40. The highest BCUT2D eigenvalue weighted by atomic mass is 35.5. The largest absolute Gasteiger partial charge is 0.487 e. The zero-order valence-electron chi connectivity index (χ0n) is 10.4. The molecule has 1 atom stereocenters. The molecule has 1 aliphatic heterocycles. The minimum Gasteiger partial charge on any atom is -0.487 e. The number of ether oxygens (including phenoxy) is 2. The molecule has 2 aliphatic rings. The van der Waals surface area contributed by atoms with Crippen molar-refractivity contribution in [1.82, 2.24) is 0 Å². The first-order chi connectivity index (χ1) is 8.62. The monoisotopic (exact) mass is 268 g/mol. The summed E-state index contributed by atoms with van der Waals surface area (Å²) in [5.74, 6) is 0.757. The van der Waals surface area contributed by atoms with Crippen LogP contribution in [0.5, 0.6) is 5.75 Å². The van der Waals surface area contributed by atoms with Crippen molar-refractivity contribution in [3.05, 3.63) is 28.8 Å². The summed E-state index contributed by atoms with van der Waals surface area (Å²) >= 11 is 5.94. The second kappa shape index (κ2) is 4.41. The Bertz CT molecular complexity index is 454. The molecule has 0 amide bonds. The molecular formula is C14H17ClO3. The number of rotatable bonds is 2. The average Bonchev–Trinajstić information content (AvgIpc) is 2.29. The maximum Gasteiger partial charge on any atom is 0.126 e.